The Bertz CT molecular complexity index is 636. The van der Waals surface area contributed by atoms with E-state index in [-0.39, 0.29) is 27.4 Å². The van der Waals surface area contributed by atoms with Gasteiger partial charge in [-0.05, 0) is 43.4 Å². The molecule has 0 aliphatic carbocycles. The minimum atomic E-state index is -3.74. The van der Waals surface area contributed by atoms with Gasteiger partial charge in [-0.3, -0.25) is 0 Å². The van der Waals surface area contributed by atoms with Gasteiger partial charge < -0.3 is 0 Å². The van der Waals surface area contributed by atoms with Gasteiger partial charge in [0, 0.05) is 18.5 Å². The van der Waals surface area contributed by atoms with Crippen LogP contribution in [0.5, 0.6) is 0 Å². The van der Waals surface area contributed by atoms with E-state index >= 15 is 0 Å². The maximum Gasteiger partial charge on any atom is 0.243 e. The molecule has 118 valence electrons. The fraction of sp³-hybridized carbons (Fsp3) is 0.571. The lowest BCUT2D eigenvalue weighted by Gasteiger charge is -2.35. The predicted molar refractivity (Wildman–Crippen MR) is 82.7 cm³/mol. The van der Waals surface area contributed by atoms with Gasteiger partial charge in [0.15, 0.2) is 0 Å². The van der Waals surface area contributed by atoms with Crippen molar-refractivity contribution in [3.8, 4) is 0 Å². The molecule has 0 aromatic heterocycles. The van der Waals surface area contributed by atoms with Crippen LogP contribution in [-0.2, 0) is 15.9 Å². The van der Waals surface area contributed by atoms with E-state index in [9.17, 15) is 12.8 Å². The summed E-state index contributed by atoms with van der Waals surface area (Å²) >= 11 is 11.5. The zero-order chi connectivity index (χ0) is 15.8. The molecule has 2 atom stereocenters. The number of nitrogens with zero attached hydrogens (tertiary/aromatic N) is 1. The molecule has 0 bridgehead atoms. The molecular formula is C14H18Cl2FNO2S. The molecule has 1 aromatic rings. The molecule has 1 aliphatic rings. The molecule has 21 heavy (non-hydrogen) atoms. The van der Waals surface area contributed by atoms with Crippen LogP contribution in [0.1, 0.15) is 32.3 Å². The van der Waals surface area contributed by atoms with E-state index in [1.807, 2.05) is 13.8 Å². The number of hydrogen-bond acceptors (Lipinski definition) is 2. The maximum atomic E-state index is 13.8. The summed E-state index contributed by atoms with van der Waals surface area (Å²) in [7, 11) is -3.74. The van der Waals surface area contributed by atoms with Gasteiger partial charge in [-0.1, -0.05) is 18.5 Å². The highest BCUT2D eigenvalue weighted by Gasteiger charge is 2.34. The number of benzene rings is 1. The standard InChI is InChI=1S/C14H18Cl2FNO2S/c1-9-3-4-10(2)18(8-9)21(19,20)12-5-11(7-15)14(16)13(17)6-12/h5-6,9-10H,3-4,7-8H2,1-2H3. The van der Waals surface area contributed by atoms with Crippen LogP contribution < -0.4 is 0 Å². The van der Waals surface area contributed by atoms with E-state index in [0.717, 1.165) is 18.9 Å². The lowest BCUT2D eigenvalue weighted by Crippen LogP contribution is -2.44. The van der Waals surface area contributed by atoms with Gasteiger partial charge in [-0.2, -0.15) is 4.31 Å². The normalized spacial score (nSPS) is 24.2. The van der Waals surface area contributed by atoms with E-state index in [2.05, 4.69) is 0 Å². The molecule has 0 amide bonds. The Morgan fingerprint density at radius 2 is 2.00 bits per heavy atom. The molecule has 0 radical (unpaired) electrons. The summed E-state index contributed by atoms with van der Waals surface area (Å²) in [6.45, 7) is 4.34. The van der Waals surface area contributed by atoms with Gasteiger partial charge in [0.2, 0.25) is 10.0 Å². The molecule has 2 rings (SSSR count). The van der Waals surface area contributed by atoms with Crippen molar-refractivity contribution in [1.29, 1.82) is 0 Å². The van der Waals surface area contributed by atoms with Crippen molar-refractivity contribution in [1.82, 2.24) is 4.31 Å². The lowest BCUT2D eigenvalue weighted by molar-refractivity contribution is 0.218. The van der Waals surface area contributed by atoms with Crippen molar-refractivity contribution >= 4 is 33.2 Å². The fourth-order valence-electron chi connectivity index (χ4n) is 2.58. The van der Waals surface area contributed by atoms with E-state index < -0.39 is 15.8 Å². The summed E-state index contributed by atoms with van der Waals surface area (Å²) in [4.78, 5) is -0.0824. The van der Waals surface area contributed by atoms with Crippen molar-refractivity contribution in [2.24, 2.45) is 5.92 Å². The zero-order valence-electron chi connectivity index (χ0n) is 11.9. The summed E-state index contributed by atoms with van der Waals surface area (Å²) in [6, 6.07) is 2.24. The van der Waals surface area contributed by atoms with Crippen molar-refractivity contribution in [3.05, 3.63) is 28.5 Å². The third-order valence-electron chi connectivity index (χ3n) is 3.89. The molecule has 2 unspecified atom stereocenters. The summed E-state index contributed by atoms with van der Waals surface area (Å²) in [5.74, 6) is -0.503. The lowest BCUT2D eigenvalue weighted by atomic mass is 9.97. The van der Waals surface area contributed by atoms with Gasteiger partial charge in [-0.15, -0.1) is 11.6 Å². The highest BCUT2D eigenvalue weighted by molar-refractivity contribution is 7.89. The molecule has 1 saturated heterocycles. The molecule has 7 heteroatoms. The highest BCUT2D eigenvalue weighted by Crippen LogP contribution is 2.31. The Hall–Kier alpha value is -0.360. The maximum absolute atomic E-state index is 13.8. The summed E-state index contributed by atoms with van der Waals surface area (Å²) in [6.07, 6.45) is 1.80. The number of rotatable bonds is 3. The number of halogens is 3. The van der Waals surface area contributed by atoms with Crippen molar-refractivity contribution in [2.75, 3.05) is 6.54 Å². The fourth-order valence-corrected chi connectivity index (χ4v) is 4.88. The number of alkyl halides is 1. The van der Waals surface area contributed by atoms with Crippen LogP contribution in [0.4, 0.5) is 4.39 Å². The Kier molecular flexibility index (Phi) is 5.19. The quantitative estimate of drug-likeness (QED) is 0.769. The zero-order valence-corrected chi connectivity index (χ0v) is 14.3. The van der Waals surface area contributed by atoms with Gasteiger partial charge in [0.25, 0.3) is 0 Å². The van der Waals surface area contributed by atoms with Crippen LogP contribution in [0, 0.1) is 11.7 Å². The summed E-state index contributed by atoms with van der Waals surface area (Å²) < 4.78 is 40.8. The first-order valence-electron chi connectivity index (χ1n) is 6.83. The second-order valence-corrected chi connectivity index (χ2v) is 8.15. The summed E-state index contributed by atoms with van der Waals surface area (Å²) in [5.41, 5.74) is 0.287. The highest BCUT2D eigenvalue weighted by atomic mass is 35.5. The van der Waals surface area contributed by atoms with Crippen LogP contribution in [0.3, 0.4) is 0 Å². The molecule has 1 fully saturated rings. The average Bonchev–Trinajstić information content (AvgIpc) is 2.44. The van der Waals surface area contributed by atoms with Crippen LogP contribution in [0.25, 0.3) is 0 Å². The average molecular weight is 354 g/mol. The van der Waals surface area contributed by atoms with Crippen molar-refractivity contribution < 1.29 is 12.8 Å². The second kappa shape index (κ2) is 6.41. The van der Waals surface area contributed by atoms with Crippen LogP contribution in [0.15, 0.2) is 17.0 Å². The smallest absolute Gasteiger partial charge is 0.207 e. The molecule has 0 N–H and O–H groups in total. The van der Waals surface area contributed by atoms with Gasteiger partial charge in [0.1, 0.15) is 5.82 Å². The third-order valence-corrected chi connectivity index (χ3v) is 6.56. The second-order valence-electron chi connectivity index (χ2n) is 5.62. The summed E-state index contributed by atoms with van der Waals surface area (Å²) in [5, 5.41) is -0.121. The topological polar surface area (TPSA) is 37.4 Å². The van der Waals surface area contributed by atoms with Crippen molar-refractivity contribution in [3.63, 3.8) is 0 Å². The number of hydrogen-bond donors (Lipinski definition) is 0. The first-order valence-corrected chi connectivity index (χ1v) is 9.18. The Morgan fingerprint density at radius 3 is 2.62 bits per heavy atom. The van der Waals surface area contributed by atoms with Gasteiger partial charge >= 0.3 is 0 Å². The molecule has 1 heterocycles. The largest absolute Gasteiger partial charge is 0.243 e. The van der Waals surface area contributed by atoms with E-state index in [1.54, 1.807) is 0 Å². The molecular weight excluding hydrogens is 336 g/mol. The molecule has 0 spiro atoms. The van der Waals surface area contributed by atoms with Crippen molar-refractivity contribution in [2.45, 2.75) is 43.5 Å². The first kappa shape index (κ1) is 17.0. The number of piperidine rings is 1. The Morgan fingerprint density at radius 1 is 1.33 bits per heavy atom. The first-order chi connectivity index (χ1) is 9.77. The number of sulfonamides is 1. The molecule has 1 aliphatic heterocycles. The van der Waals surface area contributed by atoms with Gasteiger partial charge in [0.05, 0.1) is 9.92 Å². The predicted octanol–water partition coefficient (Wildman–Crippen LogP) is 4.03. The monoisotopic (exact) mass is 353 g/mol. The third kappa shape index (κ3) is 3.36. The van der Waals surface area contributed by atoms with Crippen LogP contribution in [-0.4, -0.2) is 25.3 Å². The van der Waals surface area contributed by atoms with E-state index in [0.29, 0.717) is 12.5 Å². The van der Waals surface area contributed by atoms with Crippen LogP contribution in [0.2, 0.25) is 5.02 Å². The van der Waals surface area contributed by atoms with Crippen LogP contribution >= 0.6 is 23.2 Å². The molecule has 0 saturated carbocycles. The molecule has 1 aromatic carbocycles. The Balaban J connectivity index is 2.46. The minimum Gasteiger partial charge on any atom is -0.207 e. The van der Waals surface area contributed by atoms with Gasteiger partial charge in [-0.25, -0.2) is 12.8 Å². The van der Waals surface area contributed by atoms with E-state index in [4.69, 9.17) is 23.2 Å². The minimum absolute atomic E-state index is 0.0366. The van der Waals surface area contributed by atoms with E-state index in [1.165, 1.54) is 10.4 Å². The molecule has 3 nitrogen and oxygen atoms in total. The SMILES string of the molecule is CC1CCC(C)N(S(=O)(=O)c2cc(F)c(Cl)c(CCl)c2)C1. The Labute approximate surface area is 135 Å².